The largest absolute Gasteiger partial charge is 0.472 e. The molecule has 0 radical (unpaired) electrons. The molecule has 2 unspecified atom stereocenters. The Morgan fingerprint density at radius 3 is 2.10 bits per heavy atom. The molecular weight excluding hydrogens is 663 g/mol. The molecule has 4 N–H and O–H groups in total. The number of rotatable bonds is 32. The molecule has 12 heteroatoms. The molecule has 0 aliphatic heterocycles. The molecule has 0 saturated heterocycles. The Hall–Kier alpha value is -2.37. The number of esters is 2. The zero-order chi connectivity index (χ0) is 37.3. The van der Waals surface area contributed by atoms with E-state index in [9.17, 15) is 29.3 Å². The van der Waals surface area contributed by atoms with Crippen molar-refractivity contribution in [2.45, 2.75) is 135 Å². The summed E-state index contributed by atoms with van der Waals surface area (Å²) in [5, 5.41) is 28.2. The molecule has 0 heterocycles. The summed E-state index contributed by atoms with van der Waals surface area (Å²) in [6.07, 6.45) is 28.4. The molecule has 0 fully saturated rings. The Balaban J connectivity index is 4.59. The van der Waals surface area contributed by atoms with Gasteiger partial charge in [0.05, 0.1) is 25.9 Å². The first-order chi connectivity index (χ1) is 24.0. The average molecular weight is 729 g/mol. The van der Waals surface area contributed by atoms with E-state index in [4.69, 9.17) is 19.1 Å². The summed E-state index contributed by atoms with van der Waals surface area (Å²) in [5.41, 5.74) is 0. The number of aliphatic hydroxyl groups is 3. The fourth-order valence-electron chi connectivity index (χ4n) is 4.35. The Morgan fingerprint density at radius 2 is 1.38 bits per heavy atom. The summed E-state index contributed by atoms with van der Waals surface area (Å²) in [6, 6.07) is 0. The minimum absolute atomic E-state index is 0.0712. The smallest absolute Gasteiger partial charge is 0.462 e. The number of carbonyl (C=O) groups is 2. The van der Waals surface area contributed by atoms with Gasteiger partial charge in [-0.25, -0.2) is 4.57 Å². The number of hydrogen-bond acceptors (Lipinski definition) is 10. The fourth-order valence-corrected chi connectivity index (χ4v) is 5.14. The number of aliphatic hydroxyl groups excluding tert-OH is 3. The minimum atomic E-state index is -4.64. The molecule has 0 aliphatic rings. The van der Waals surface area contributed by atoms with Crippen molar-refractivity contribution >= 4 is 19.8 Å². The van der Waals surface area contributed by atoms with Crippen LogP contribution in [-0.4, -0.2) is 76.9 Å². The Kier molecular flexibility index (Phi) is 31.0. The van der Waals surface area contributed by atoms with Crippen LogP contribution in [0.1, 0.15) is 117 Å². The van der Waals surface area contributed by atoms with Gasteiger partial charge in [-0.3, -0.25) is 18.6 Å². The highest BCUT2D eigenvalue weighted by atomic mass is 31.2. The first-order valence-electron chi connectivity index (χ1n) is 18.2. The van der Waals surface area contributed by atoms with Crippen molar-refractivity contribution in [3.05, 3.63) is 60.8 Å². The van der Waals surface area contributed by atoms with Gasteiger partial charge in [0.2, 0.25) is 0 Å². The van der Waals surface area contributed by atoms with Gasteiger partial charge in [0, 0.05) is 12.8 Å². The van der Waals surface area contributed by atoms with Crippen LogP contribution in [0.25, 0.3) is 0 Å². The van der Waals surface area contributed by atoms with Gasteiger partial charge in [0.15, 0.2) is 6.10 Å². The van der Waals surface area contributed by atoms with Gasteiger partial charge in [0.1, 0.15) is 12.7 Å². The zero-order valence-corrected chi connectivity index (χ0v) is 31.5. The Morgan fingerprint density at radius 1 is 0.740 bits per heavy atom. The normalized spacial score (nSPS) is 15.5. The van der Waals surface area contributed by atoms with E-state index in [1.165, 1.54) is 19.3 Å². The van der Waals surface area contributed by atoms with Crippen LogP contribution in [0.2, 0.25) is 0 Å². The molecule has 0 aromatic rings. The summed E-state index contributed by atoms with van der Waals surface area (Å²) in [4.78, 5) is 34.7. The number of phosphoric ester groups is 1. The number of carbonyl (C=O) groups excluding carboxylic acids is 2. The van der Waals surface area contributed by atoms with Gasteiger partial charge in [-0.1, -0.05) is 120 Å². The van der Waals surface area contributed by atoms with Crippen molar-refractivity contribution in [3.63, 3.8) is 0 Å². The second-order valence-electron chi connectivity index (χ2n) is 12.5. The fraction of sp³-hybridized carbons (Fsp3) is 0.684. The van der Waals surface area contributed by atoms with Gasteiger partial charge in [-0.05, 0) is 50.9 Å². The van der Waals surface area contributed by atoms with Crippen molar-refractivity contribution in [2.75, 3.05) is 26.4 Å². The number of hydrogen-bond donors (Lipinski definition) is 4. The van der Waals surface area contributed by atoms with Crippen molar-refractivity contribution in [1.82, 2.24) is 0 Å². The summed E-state index contributed by atoms with van der Waals surface area (Å²) in [5.74, 6) is -0.336. The second-order valence-corrected chi connectivity index (χ2v) is 14.0. The van der Waals surface area contributed by atoms with E-state index < -0.39 is 57.9 Å². The molecule has 50 heavy (non-hydrogen) atoms. The predicted octanol–water partition coefficient (Wildman–Crippen LogP) is 7.60. The van der Waals surface area contributed by atoms with Crippen LogP contribution in [0.15, 0.2) is 60.8 Å². The minimum Gasteiger partial charge on any atom is -0.462 e. The number of phosphoric acid groups is 1. The molecule has 288 valence electrons. The SMILES string of the molecule is CC/C=C\C/C=C\CC(O)/C=C/C=C\C/C=C\CCCC(=O)O[C@H](COC(=O)CCCCCCCCC(C)C)COP(=O)(O)OC[C@@H](O)CO. The highest BCUT2D eigenvalue weighted by Gasteiger charge is 2.27. The standard InChI is InChI=1S/C38H65O11P/c1-4-5-6-7-15-20-25-34(40)26-21-16-10-8-9-11-18-23-28-38(43)49-36(32-48-50(44,45)47-30-35(41)29-39)31-46-37(42)27-22-17-13-12-14-19-24-33(2)3/h5-6,9-11,15-16,20-21,26,33-36,39-41H,4,7-8,12-14,17-19,22-25,27-32H2,1-3H3,(H,44,45)/b6-5-,11-9-,16-10-,20-15-,26-21+/t34?,35-,36+/m0/s1. The highest BCUT2D eigenvalue weighted by Crippen LogP contribution is 2.43. The van der Waals surface area contributed by atoms with Crippen molar-refractivity contribution in [3.8, 4) is 0 Å². The molecular formula is C38H65O11P. The van der Waals surface area contributed by atoms with Crippen LogP contribution >= 0.6 is 7.82 Å². The van der Waals surface area contributed by atoms with Gasteiger partial charge in [0.25, 0.3) is 0 Å². The molecule has 4 atom stereocenters. The van der Waals surface area contributed by atoms with E-state index in [0.717, 1.165) is 32.1 Å². The van der Waals surface area contributed by atoms with Crippen LogP contribution in [0.4, 0.5) is 0 Å². The van der Waals surface area contributed by atoms with Crippen LogP contribution in [0.3, 0.4) is 0 Å². The first-order valence-corrected chi connectivity index (χ1v) is 19.7. The van der Waals surface area contributed by atoms with Gasteiger partial charge in [-0.2, -0.15) is 0 Å². The van der Waals surface area contributed by atoms with Crippen LogP contribution in [0, 0.1) is 5.92 Å². The van der Waals surface area contributed by atoms with Gasteiger partial charge in [-0.15, -0.1) is 0 Å². The molecule has 0 aromatic carbocycles. The average Bonchev–Trinajstić information content (AvgIpc) is 3.08. The second kappa shape index (κ2) is 32.5. The molecule has 0 spiro atoms. The molecule has 0 bridgehead atoms. The first kappa shape index (κ1) is 47.6. The molecule has 0 saturated carbocycles. The maximum atomic E-state index is 12.5. The lowest BCUT2D eigenvalue weighted by Gasteiger charge is -2.20. The maximum Gasteiger partial charge on any atom is 0.472 e. The summed E-state index contributed by atoms with van der Waals surface area (Å²) in [7, 11) is -4.64. The molecule has 0 amide bonds. The van der Waals surface area contributed by atoms with Crippen LogP contribution < -0.4 is 0 Å². The highest BCUT2D eigenvalue weighted by molar-refractivity contribution is 7.47. The molecule has 0 rings (SSSR count). The van der Waals surface area contributed by atoms with Crippen molar-refractivity contribution in [2.24, 2.45) is 5.92 Å². The van der Waals surface area contributed by atoms with Gasteiger partial charge < -0.3 is 29.7 Å². The van der Waals surface area contributed by atoms with E-state index in [2.05, 4.69) is 37.4 Å². The van der Waals surface area contributed by atoms with Crippen LogP contribution in [0.5, 0.6) is 0 Å². The Bertz CT molecular complexity index is 1050. The predicted molar refractivity (Wildman–Crippen MR) is 197 cm³/mol. The topological polar surface area (TPSA) is 169 Å². The van der Waals surface area contributed by atoms with E-state index in [-0.39, 0.29) is 19.4 Å². The lowest BCUT2D eigenvalue weighted by molar-refractivity contribution is -0.161. The quantitative estimate of drug-likeness (QED) is 0.0177. The van der Waals surface area contributed by atoms with Crippen molar-refractivity contribution < 1.29 is 52.9 Å². The Labute approximate surface area is 300 Å². The maximum absolute atomic E-state index is 12.5. The number of ether oxygens (including phenoxy) is 2. The van der Waals surface area contributed by atoms with E-state index in [1.54, 1.807) is 6.08 Å². The lowest BCUT2D eigenvalue weighted by atomic mass is 10.0. The monoisotopic (exact) mass is 728 g/mol. The van der Waals surface area contributed by atoms with Gasteiger partial charge >= 0.3 is 19.8 Å². The molecule has 0 aromatic heterocycles. The summed E-state index contributed by atoms with van der Waals surface area (Å²) < 4.78 is 32.4. The third kappa shape index (κ3) is 32.8. The number of allylic oxidation sites excluding steroid dienone is 8. The van der Waals surface area contributed by atoms with Crippen molar-refractivity contribution in [1.29, 1.82) is 0 Å². The zero-order valence-electron chi connectivity index (χ0n) is 30.6. The van der Waals surface area contributed by atoms with E-state index in [1.807, 2.05) is 42.5 Å². The third-order valence-electron chi connectivity index (χ3n) is 7.19. The van der Waals surface area contributed by atoms with E-state index >= 15 is 0 Å². The number of unbranched alkanes of at least 4 members (excludes halogenated alkanes) is 6. The van der Waals surface area contributed by atoms with E-state index in [0.29, 0.717) is 38.0 Å². The summed E-state index contributed by atoms with van der Waals surface area (Å²) >= 11 is 0. The van der Waals surface area contributed by atoms with Crippen LogP contribution in [-0.2, 0) is 32.7 Å². The molecule has 11 nitrogen and oxygen atoms in total. The summed E-state index contributed by atoms with van der Waals surface area (Å²) in [6.45, 7) is 4.28. The lowest BCUT2D eigenvalue weighted by Crippen LogP contribution is -2.29. The third-order valence-corrected chi connectivity index (χ3v) is 8.15. The molecule has 0 aliphatic carbocycles.